The Morgan fingerprint density at radius 1 is 0.972 bits per heavy atom. The highest BCUT2D eigenvalue weighted by atomic mass is 32.2. The number of carbonyl (C=O) groups excluding carboxylic acids is 2. The fourth-order valence-electron chi connectivity index (χ4n) is 4.13. The topological polar surface area (TPSA) is 86.8 Å². The van der Waals surface area contributed by atoms with Gasteiger partial charge >= 0.3 is 0 Å². The van der Waals surface area contributed by atoms with Crippen LogP contribution in [-0.4, -0.2) is 50.0 Å². The summed E-state index contributed by atoms with van der Waals surface area (Å²) in [5, 5.41) is 3.01. The van der Waals surface area contributed by atoms with Gasteiger partial charge < -0.3 is 10.2 Å². The second-order valence-corrected chi connectivity index (χ2v) is 11.3. The standard InChI is InChI=1S/C28H41N3O4S/c1-7-22(4)29-28(33)25(8-2)30(20-24-15-10-9-11-16-24)27(32)18-13-19-31(36(6,34)35)26-17-12-14-21(3)23(26)5/h9-12,14-17,22,25H,7-8,13,18-20H2,1-6H3,(H,29,33)/t22-,25-/m1/s1. The quantitative estimate of drug-likeness (QED) is 0.423. The molecular formula is C28H41N3O4S. The van der Waals surface area contributed by atoms with Crippen LogP contribution in [0, 0.1) is 13.8 Å². The van der Waals surface area contributed by atoms with Gasteiger partial charge in [0.25, 0.3) is 0 Å². The minimum Gasteiger partial charge on any atom is -0.352 e. The van der Waals surface area contributed by atoms with Crippen molar-refractivity contribution in [1.29, 1.82) is 0 Å². The Bertz CT molecular complexity index is 1120. The Kier molecular flexibility index (Phi) is 11.0. The predicted molar refractivity (Wildman–Crippen MR) is 146 cm³/mol. The van der Waals surface area contributed by atoms with Crippen LogP contribution < -0.4 is 9.62 Å². The lowest BCUT2D eigenvalue weighted by molar-refractivity contribution is -0.141. The number of nitrogens with zero attached hydrogens (tertiary/aromatic N) is 2. The number of hydrogen-bond acceptors (Lipinski definition) is 4. The monoisotopic (exact) mass is 515 g/mol. The van der Waals surface area contributed by atoms with E-state index in [-0.39, 0.29) is 30.8 Å². The highest BCUT2D eigenvalue weighted by Gasteiger charge is 2.29. The zero-order valence-electron chi connectivity index (χ0n) is 22.5. The van der Waals surface area contributed by atoms with E-state index in [4.69, 9.17) is 0 Å². The van der Waals surface area contributed by atoms with E-state index in [1.807, 2.05) is 77.1 Å². The minimum atomic E-state index is -3.53. The molecule has 2 aromatic rings. The third kappa shape index (κ3) is 8.08. The van der Waals surface area contributed by atoms with Crippen LogP contribution in [0.4, 0.5) is 5.69 Å². The van der Waals surface area contributed by atoms with E-state index in [2.05, 4.69) is 5.32 Å². The van der Waals surface area contributed by atoms with Crippen molar-refractivity contribution in [2.75, 3.05) is 17.1 Å². The van der Waals surface area contributed by atoms with Gasteiger partial charge in [0.1, 0.15) is 6.04 Å². The van der Waals surface area contributed by atoms with Gasteiger partial charge in [-0.1, -0.05) is 56.3 Å². The zero-order valence-corrected chi connectivity index (χ0v) is 23.3. The summed E-state index contributed by atoms with van der Waals surface area (Å²) in [4.78, 5) is 28.2. The van der Waals surface area contributed by atoms with Gasteiger partial charge in [-0.25, -0.2) is 8.42 Å². The number of aryl methyl sites for hydroxylation is 1. The summed E-state index contributed by atoms with van der Waals surface area (Å²) in [6, 6.07) is 14.6. The molecule has 0 fully saturated rings. The maximum absolute atomic E-state index is 13.5. The van der Waals surface area contributed by atoms with Crippen LogP contribution >= 0.6 is 0 Å². The normalized spacial score (nSPS) is 13.1. The number of nitrogens with one attached hydrogen (secondary N) is 1. The molecule has 0 aliphatic heterocycles. The van der Waals surface area contributed by atoms with E-state index in [1.54, 1.807) is 11.0 Å². The van der Waals surface area contributed by atoms with E-state index in [0.29, 0.717) is 25.1 Å². The molecular weight excluding hydrogens is 474 g/mol. The SMILES string of the molecule is CC[C@@H](C)NC(=O)[C@@H](CC)N(Cc1ccccc1)C(=O)CCCN(c1cccc(C)c1C)S(C)(=O)=O. The minimum absolute atomic E-state index is 0.0149. The molecule has 0 unspecified atom stereocenters. The van der Waals surface area contributed by atoms with Gasteiger partial charge in [-0.3, -0.25) is 13.9 Å². The third-order valence-electron chi connectivity index (χ3n) is 6.58. The molecule has 0 spiro atoms. The van der Waals surface area contributed by atoms with E-state index >= 15 is 0 Å². The molecule has 0 saturated heterocycles. The van der Waals surface area contributed by atoms with E-state index in [1.165, 1.54) is 10.6 Å². The summed E-state index contributed by atoms with van der Waals surface area (Å²) < 4.78 is 26.6. The van der Waals surface area contributed by atoms with Crippen LogP contribution in [0.5, 0.6) is 0 Å². The number of rotatable bonds is 13. The molecule has 36 heavy (non-hydrogen) atoms. The molecule has 1 N–H and O–H groups in total. The molecule has 0 bridgehead atoms. The highest BCUT2D eigenvalue weighted by molar-refractivity contribution is 7.92. The van der Waals surface area contributed by atoms with Crippen LogP contribution in [0.1, 0.15) is 63.1 Å². The van der Waals surface area contributed by atoms with Crippen LogP contribution in [0.3, 0.4) is 0 Å². The van der Waals surface area contributed by atoms with Gasteiger partial charge in [0.05, 0.1) is 11.9 Å². The Hall–Kier alpha value is -2.87. The number of anilines is 1. The van der Waals surface area contributed by atoms with Crippen molar-refractivity contribution >= 4 is 27.5 Å². The number of hydrogen-bond donors (Lipinski definition) is 1. The molecule has 2 atom stereocenters. The molecule has 7 nitrogen and oxygen atoms in total. The Morgan fingerprint density at radius 2 is 1.64 bits per heavy atom. The van der Waals surface area contributed by atoms with E-state index < -0.39 is 16.1 Å². The third-order valence-corrected chi connectivity index (χ3v) is 7.76. The summed E-state index contributed by atoms with van der Waals surface area (Å²) in [5.41, 5.74) is 3.47. The fraction of sp³-hybridized carbons (Fsp3) is 0.500. The van der Waals surface area contributed by atoms with Gasteiger partial charge in [-0.2, -0.15) is 0 Å². The smallest absolute Gasteiger partial charge is 0.243 e. The van der Waals surface area contributed by atoms with E-state index in [0.717, 1.165) is 23.1 Å². The molecule has 0 aliphatic rings. The van der Waals surface area contributed by atoms with Crippen molar-refractivity contribution in [3.8, 4) is 0 Å². The highest BCUT2D eigenvalue weighted by Crippen LogP contribution is 2.25. The van der Waals surface area contributed by atoms with Gasteiger partial charge in [-0.15, -0.1) is 0 Å². The molecule has 2 aromatic carbocycles. The Balaban J connectivity index is 2.23. The molecule has 2 amide bonds. The first-order valence-electron chi connectivity index (χ1n) is 12.7. The van der Waals surface area contributed by atoms with Crippen molar-refractivity contribution in [2.45, 2.75) is 78.9 Å². The van der Waals surface area contributed by atoms with Crippen LogP contribution in [0.25, 0.3) is 0 Å². The molecule has 0 radical (unpaired) electrons. The molecule has 0 saturated carbocycles. The van der Waals surface area contributed by atoms with Crippen molar-refractivity contribution < 1.29 is 18.0 Å². The van der Waals surface area contributed by atoms with Gasteiger partial charge in [0, 0.05) is 25.6 Å². The van der Waals surface area contributed by atoms with Crippen LogP contribution in [0.15, 0.2) is 48.5 Å². The first kappa shape index (κ1) is 29.4. The molecule has 198 valence electrons. The first-order chi connectivity index (χ1) is 17.0. The maximum Gasteiger partial charge on any atom is 0.243 e. The summed E-state index contributed by atoms with van der Waals surface area (Å²) in [6.45, 7) is 10.2. The zero-order chi connectivity index (χ0) is 26.9. The summed E-state index contributed by atoms with van der Waals surface area (Å²) in [6.07, 6.45) is 2.95. The largest absolute Gasteiger partial charge is 0.352 e. The summed E-state index contributed by atoms with van der Waals surface area (Å²) in [7, 11) is -3.53. The molecule has 0 aromatic heterocycles. The van der Waals surface area contributed by atoms with Crippen molar-refractivity contribution in [3.63, 3.8) is 0 Å². The molecule has 0 heterocycles. The lowest BCUT2D eigenvalue weighted by atomic mass is 10.1. The summed E-state index contributed by atoms with van der Waals surface area (Å²) in [5.74, 6) is -0.330. The maximum atomic E-state index is 13.5. The van der Waals surface area contributed by atoms with Gasteiger partial charge in [-0.05, 0) is 62.8 Å². The molecule has 8 heteroatoms. The van der Waals surface area contributed by atoms with Crippen molar-refractivity contribution in [2.24, 2.45) is 0 Å². The number of sulfonamides is 1. The van der Waals surface area contributed by atoms with Crippen molar-refractivity contribution in [1.82, 2.24) is 10.2 Å². The van der Waals surface area contributed by atoms with Crippen molar-refractivity contribution in [3.05, 3.63) is 65.2 Å². The Labute approximate surface area is 216 Å². The van der Waals surface area contributed by atoms with Crippen LogP contribution in [-0.2, 0) is 26.2 Å². The number of benzene rings is 2. The number of amides is 2. The molecule has 0 aliphatic carbocycles. The number of carbonyl (C=O) groups is 2. The second kappa shape index (κ2) is 13.4. The average Bonchev–Trinajstić information content (AvgIpc) is 2.83. The fourth-order valence-corrected chi connectivity index (χ4v) is 5.14. The predicted octanol–water partition coefficient (Wildman–Crippen LogP) is 4.57. The van der Waals surface area contributed by atoms with Gasteiger partial charge in [0.2, 0.25) is 21.8 Å². The Morgan fingerprint density at radius 3 is 2.22 bits per heavy atom. The van der Waals surface area contributed by atoms with Crippen LogP contribution in [0.2, 0.25) is 0 Å². The lowest BCUT2D eigenvalue weighted by Gasteiger charge is -2.32. The summed E-state index contributed by atoms with van der Waals surface area (Å²) >= 11 is 0. The van der Waals surface area contributed by atoms with Gasteiger partial charge in [0.15, 0.2) is 0 Å². The average molecular weight is 516 g/mol. The van der Waals surface area contributed by atoms with E-state index in [9.17, 15) is 18.0 Å². The lowest BCUT2D eigenvalue weighted by Crippen LogP contribution is -2.50. The molecule has 2 rings (SSSR count). The second-order valence-electron chi connectivity index (χ2n) is 9.41. The first-order valence-corrected chi connectivity index (χ1v) is 14.5.